The Morgan fingerprint density at radius 1 is 1.48 bits per heavy atom. The summed E-state index contributed by atoms with van der Waals surface area (Å²) in [6.45, 7) is 6.94. The Kier molecular flexibility index (Phi) is 6.24. The number of benzene rings is 1. The van der Waals surface area contributed by atoms with Gasteiger partial charge in [0.15, 0.2) is 0 Å². The SMILES string of the molecule is CCCN(C(=O)[C@@H]1CCCNC1)C(C)c1ccccc1Br. The zero-order valence-electron chi connectivity index (χ0n) is 12.9. The Morgan fingerprint density at radius 2 is 2.24 bits per heavy atom. The molecular formula is C17H25BrN2O. The van der Waals surface area contributed by atoms with Crippen molar-refractivity contribution in [2.45, 2.75) is 39.2 Å². The molecule has 3 nitrogen and oxygen atoms in total. The summed E-state index contributed by atoms with van der Waals surface area (Å²) in [5.74, 6) is 0.433. The molecule has 1 aliphatic heterocycles. The average Bonchev–Trinajstić information content (AvgIpc) is 2.52. The third-order valence-electron chi connectivity index (χ3n) is 4.22. The van der Waals surface area contributed by atoms with E-state index in [9.17, 15) is 4.79 Å². The van der Waals surface area contributed by atoms with E-state index in [-0.39, 0.29) is 12.0 Å². The van der Waals surface area contributed by atoms with Crippen LogP contribution in [-0.4, -0.2) is 30.4 Å². The van der Waals surface area contributed by atoms with E-state index in [4.69, 9.17) is 0 Å². The molecule has 0 spiro atoms. The number of nitrogens with one attached hydrogen (secondary N) is 1. The number of halogens is 1. The highest BCUT2D eigenvalue weighted by Gasteiger charge is 2.29. The fourth-order valence-corrected chi connectivity index (χ4v) is 3.63. The standard InChI is InChI=1S/C17H25BrN2O/c1-3-11-20(17(21)14-7-6-10-19-12-14)13(2)15-8-4-5-9-16(15)18/h4-5,8-9,13-14,19H,3,6-7,10-12H2,1-2H3/t13?,14-/m1/s1. The van der Waals surface area contributed by atoms with E-state index < -0.39 is 0 Å². The van der Waals surface area contributed by atoms with E-state index in [1.54, 1.807) is 0 Å². The molecule has 1 N–H and O–H groups in total. The normalized spacial score (nSPS) is 20.0. The topological polar surface area (TPSA) is 32.3 Å². The maximum absolute atomic E-state index is 12.9. The molecule has 116 valence electrons. The quantitative estimate of drug-likeness (QED) is 0.875. The maximum atomic E-state index is 12.9. The van der Waals surface area contributed by atoms with Crippen LogP contribution in [0.5, 0.6) is 0 Å². The number of carbonyl (C=O) groups is 1. The Hall–Kier alpha value is -0.870. The third kappa shape index (κ3) is 4.07. The summed E-state index contributed by atoms with van der Waals surface area (Å²) >= 11 is 3.61. The number of carbonyl (C=O) groups excluding carboxylic acids is 1. The zero-order valence-corrected chi connectivity index (χ0v) is 14.5. The van der Waals surface area contributed by atoms with Gasteiger partial charge in [0.05, 0.1) is 12.0 Å². The van der Waals surface area contributed by atoms with Crippen molar-refractivity contribution in [3.63, 3.8) is 0 Å². The van der Waals surface area contributed by atoms with Gasteiger partial charge in [-0.1, -0.05) is 41.1 Å². The smallest absolute Gasteiger partial charge is 0.227 e. The van der Waals surface area contributed by atoms with E-state index in [1.807, 2.05) is 18.2 Å². The third-order valence-corrected chi connectivity index (χ3v) is 4.94. The fourth-order valence-electron chi connectivity index (χ4n) is 3.01. The molecule has 2 atom stereocenters. The first-order valence-corrected chi connectivity index (χ1v) is 8.70. The van der Waals surface area contributed by atoms with Gasteiger partial charge in [-0.15, -0.1) is 0 Å². The van der Waals surface area contributed by atoms with Crippen LogP contribution in [0.3, 0.4) is 0 Å². The molecule has 4 heteroatoms. The average molecular weight is 353 g/mol. The van der Waals surface area contributed by atoms with Gasteiger partial charge >= 0.3 is 0 Å². The van der Waals surface area contributed by atoms with Crippen molar-refractivity contribution in [3.05, 3.63) is 34.3 Å². The lowest BCUT2D eigenvalue weighted by atomic mass is 9.96. The summed E-state index contributed by atoms with van der Waals surface area (Å²) in [6.07, 6.45) is 3.09. The molecule has 1 saturated heterocycles. The highest BCUT2D eigenvalue weighted by atomic mass is 79.9. The molecule has 0 saturated carbocycles. The molecule has 1 heterocycles. The molecule has 0 bridgehead atoms. The summed E-state index contributed by atoms with van der Waals surface area (Å²) in [7, 11) is 0. The Bertz CT molecular complexity index is 472. The fraction of sp³-hybridized carbons (Fsp3) is 0.588. The lowest BCUT2D eigenvalue weighted by Crippen LogP contribution is -2.44. The van der Waals surface area contributed by atoms with Crippen LogP contribution < -0.4 is 5.32 Å². The van der Waals surface area contributed by atoms with E-state index >= 15 is 0 Å². The first-order valence-electron chi connectivity index (χ1n) is 7.90. The minimum atomic E-state index is 0.106. The van der Waals surface area contributed by atoms with Crippen LogP contribution in [0.4, 0.5) is 0 Å². The molecule has 0 radical (unpaired) electrons. The lowest BCUT2D eigenvalue weighted by molar-refractivity contribution is -0.138. The number of hydrogen-bond acceptors (Lipinski definition) is 2. The van der Waals surface area contributed by atoms with Gasteiger partial charge in [0.1, 0.15) is 0 Å². The second-order valence-corrected chi connectivity index (χ2v) is 6.63. The van der Waals surface area contributed by atoms with Crippen LogP contribution in [0.25, 0.3) is 0 Å². The van der Waals surface area contributed by atoms with Gasteiger partial charge in [0.25, 0.3) is 0 Å². The number of amides is 1. The maximum Gasteiger partial charge on any atom is 0.227 e. The number of hydrogen-bond donors (Lipinski definition) is 1. The number of piperidine rings is 1. The van der Waals surface area contributed by atoms with Gasteiger partial charge in [-0.25, -0.2) is 0 Å². The largest absolute Gasteiger partial charge is 0.336 e. The first-order chi connectivity index (χ1) is 10.1. The van der Waals surface area contributed by atoms with Crippen molar-refractivity contribution in [2.24, 2.45) is 5.92 Å². The molecule has 1 amide bonds. The molecular weight excluding hydrogens is 328 g/mol. The molecule has 2 rings (SSSR count). The summed E-state index contributed by atoms with van der Waals surface area (Å²) in [5, 5.41) is 3.35. The first kappa shape index (κ1) is 16.5. The van der Waals surface area contributed by atoms with Crippen LogP contribution in [0, 0.1) is 5.92 Å². The van der Waals surface area contributed by atoms with Crippen LogP contribution >= 0.6 is 15.9 Å². The molecule has 1 fully saturated rings. The van der Waals surface area contributed by atoms with Crippen LogP contribution in [0.2, 0.25) is 0 Å². The predicted octanol–water partition coefficient (Wildman–Crippen LogP) is 3.75. The van der Waals surface area contributed by atoms with Crippen molar-refractivity contribution in [1.29, 1.82) is 0 Å². The summed E-state index contributed by atoms with van der Waals surface area (Å²) < 4.78 is 1.08. The zero-order chi connectivity index (χ0) is 15.2. The van der Waals surface area contributed by atoms with E-state index in [2.05, 4.69) is 46.1 Å². The Morgan fingerprint density at radius 3 is 2.86 bits per heavy atom. The number of rotatable bonds is 5. The van der Waals surface area contributed by atoms with Crippen molar-refractivity contribution in [3.8, 4) is 0 Å². The summed E-state index contributed by atoms with van der Waals surface area (Å²) in [5.41, 5.74) is 1.18. The second kappa shape index (κ2) is 7.95. The van der Waals surface area contributed by atoms with Gasteiger partial charge in [-0.2, -0.15) is 0 Å². The molecule has 0 aromatic heterocycles. The van der Waals surface area contributed by atoms with Gasteiger partial charge in [0.2, 0.25) is 5.91 Å². The molecule has 1 aromatic rings. The second-order valence-electron chi connectivity index (χ2n) is 5.77. The Balaban J connectivity index is 2.17. The van der Waals surface area contributed by atoms with Gasteiger partial charge in [0, 0.05) is 17.6 Å². The van der Waals surface area contributed by atoms with E-state index in [1.165, 1.54) is 5.56 Å². The lowest BCUT2D eigenvalue weighted by Gasteiger charge is -2.34. The Labute approximate surface area is 136 Å². The van der Waals surface area contributed by atoms with Gasteiger partial charge in [-0.05, 0) is 44.4 Å². The van der Waals surface area contributed by atoms with Gasteiger partial charge in [-0.3, -0.25) is 4.79 Å². The van der Waals surface area contributed by atoms with Crippen LogP contribution in [-0.2, 0) is 4.79 Å². The van der Waals surface area contributed by atoms with E-state index in [0.717, 1.165) is 43.4 Å². The van der Waals surface area contributed by atoms with Crippen molar-refractivity contribution in [1.82, 2.24) is 10.2 Å². The molecule has 1 unspecified atom stereocenters. The molecule has 1 aromatic carbocycles. The highest BCUT2D eigenvalue weighted by Crippen LogP contribution is 2.29. The number of nitrogens with zero attached hydrogens (tertiary/aromatic N) is 1. The van der Waals surface area contributed by atoms with Crippen molar-refractivity contribution >= 4 is 21.8 Å². The van der Waals surface area contributed by atoms with Gasteiger partial charge < -0.3 is 10.2 Å². The van der Waals surface area contributed by atoms with Crippen LogP contribution in [0.15, 0.2) is 28.7 Å². The summed E-state index contributed by atoms with van der Waals surface area (Å²) in [6, 6.07) is 8.30. The molecule has 1 aliphatic rings. The molecule has 21 heavy (non-hydrogen) atoms. The highest BCUT2D eigenvalue weighted by molar-refractivity contribution is 9.10. The minimum Gasteiger partial charge on any atom is -0.336 e. The molecule has 0 aliphatic carbocycles. The minimum absolute atomic E-state index is 0.106. The summed E-state index contributed by atoms with van der Waals surface area (Å²) in [4.78, 5) is 14.9. The predicted molar refractivity (Wildman–Crippen MR) is 90.2 cm³/mol. The monoisotopic (exact) mass is 352 g/mol. The van der Waals surface area contributed by atoms with Crippen LogP contribution in [0.1, 0.15) is 44.7 Å². The van der Waals surface area contributed by atoms with Crippen molar-refractivity contribution in [2.75, 3.05) is 19.6 Å². The van der Waals surface area contributed by atoms with Crippen molar-refractivity contribution < 1.29 is 4.79 Å². The van der Waals surface area contributed by atoms with E-state index in [0.29, 0.717) is 5.91 Å².